The monoisotopic (exact) mass is 336 g/mol. The lowest BCUT2D eigenvalue weighted by atomic mass is 10.1. The van der Waals surface area contributed by atoms with Gasteiger partial charge in [0.05, 0.1) is 11.8 Å². The number of carbonyl (C=O) groups is 2. The van der Waals surface area contributed by atoms with Gasteiger partial charge < -0.3 is 10.1 Å². The maximum atomic E-state index is 12.5. The van der Waals surface area contributed by atoms with Crippen LogP contribution in [0.1, 0.15) is 25.8 Å². The number of carbonyl (C=O) groups excluding carboxylic acids is 2. The summed E-state index contributed by atoms with van der Waals surface area (Å²) in [5.41, 5.74) is 1.62. The molecule has 0 aliphatic carbocycles. The number of nitrogens with zero attached hydrogens (tertiary/aromatic N) is 1. The van der Waals surface area contributed by atoms with Gasteiger partial charge in [0, 0.05) is 0 Å². The summed E-state index contributed by atoms with van der Waals surface area (Å²) in [7, 11) is 0. The van der Waals surface area contributed by atoms with Crippen LogP contribution < -0.4 is 15.0 Å². The van der Waals surface area contributed by atoms with Gasteiger partial charge in [0.25, 0.3) is 5.91 Å². The Morgan fingerprint density at radius 3 is 2.40 bits per heavy atom. The van der Waals surface area contributed by atoms with Crippen molar-refractivity contribution >= 4 is 23.7 Å². The first kappa shape index (κ1) is 16.8. The van der Waals surface area contributed by atoms with Crippen LogP contribution in [0.2, 0.25) is 0 Å². The predicted octanol–water partition coefficient (Wildman–Crippen LogP) is 3.96. The fourth-order valence-corrected chi connectivity index (χ4v) is 2.47. The molecule has 1 N–H and O–H groups in total. The third-order valence-corrected chi connectivity index (χ3v) is 4.00. The Labute approximate surface area is 146 Å². The molecule has 1 aliphatic rings. The summed E-state index contributed by atoms with van der Waals surface area (Å²) in [5, 5.41) is 2.62. The number of amides is 3. The topological polar surface area (TPSA) is 58.6 Å². The van der Waals surface area contributed by atoms with Crippen molar-refractivity contribution in [1.29, 1.82) is 0 Å². The van der Waals surface area contributed by atoms with Gasteiger partial charge in [0.1, 0.15) is 11.4 Å². The maximum Gasteiger partial charge on any atom is 0.333 e. The number of benzene rings is 2. The zero-order chi connectivity index (χ0) is 17.8. The van der Waals surface area contributed by atoms with Crippen molar-refractivity contribution < 1.29 is 14.3 Å². The van der Waals surface area contributed by atoms with Crippen LogP contribution in [0.4, 0.5) is 10.5 Å². The Bertz CT molecular complexity index is 797. The minimum absolute atomic E-state index is 0.152. The first-order valence-corrected chi connectivity index (χ1v) is 8.27. The van der Waals surface area contributed by atoms with Gasteiger partial charge in [-0.3, -0.25) is 4.79 Å². The number of para-hydroxylation sites is 1. The Kier molecular flexibility index (Phi) is 4.84. The summed E-state index contributed by atoms with van der Waals surface area (Å²) in [6, 6.07) is 15.8. The summed E-state index contributed by atoms with van der Waals surface area (Å²) in [4.78, 5) is 25.8. The van der Waals surface area contributed by atoms with Gasteiger partial charge in [0.15, 0.2) is 0 Å². The van der Waals surface area contributed by atoms with Gasteiger partial charge in [0.2, 0.25) is 0 Å². The number of anilines is 1. The van der Waals surface area contributed by atoms with Crippen LogP contribution in [0, 0.1) is 0 Å². The van der Waals surface area contributed by atoms with Crippen molar-refractivity contribution in [2.24, 2.45) is 0 Å². The highest BCUT2D eigenvalue weighted by atomic mass is 16.5. The number of urea groups is 1. The number of hydrogen-bond acceptors (Lipinski definition) is 3. The molecule has 1 aliphatic heterocycles. The number of rotatable bonds is 5. The molecule has 0 radical (unpaired) electrons. The molecule has 0 bridgehead atoms. The molecule has 25 heavy (non-hydrogen) atoms. The summed E-state index contributed by atoms with van der Waals surface area (Å²) in [6.45, 7) is 4.08. The Morgan fingerprint density at radius 2 is 1.76 bits per heavy atom. The molecule has 5 heteroatoms. The highest BCUT2D eigenvalue weighted by molar-refractivity contribution is 6.28. The largest absolute Gasteiger partial charge is 0.491 e. The Balaban J connectivity index is 1.78. The summed E-state index contributed by atoms with van der Waals surface area (Å²) < 4.78 is 5.74. The standard InChI is InChI=1S/C20H20N2O3/c1-3-14(2)25-17-11-9-15(10-12-17)13-18-19(23)22(20(24)21-18)16-7-5-4-6-8-16/h4-14H,3H2,1-2H3,(H,21,24)/b18-13-/t14-/m1/s1. The zero-order valence-electron chi connectivity index (χ0n) is 14.2. The lowest BCUT2D eigenvalue weighted by molar-refractivity contribution is -0.113. The van der Waals surface area contributed by atoms with Crippen molar-refractivity contribution in [2.45, 2.75) is 26.4 Å². The van der Waals surface area contributed by atoms with E-state index in [0.717, 1.165) is 22.6 Å². The molecule has 0 saturated carbocycles. The molecule has 128 valence electrons. The quantitative estimate of drug-likeness (QED) is 0.664. The molecule has 5 nitrogen and oxygen atoms in total. The fraction of sp³-hybridized carbons (Fsp3) is 0.200. The lowest BCUT2D eigenvalue weighted by Crippen LogP contribution is -2.30. The van der Waals surface area contributed by atoms with Crippen LogP contribution in [0.25, 0.3) is 6.08 Å². The highest BCUT2D eigenvalue weighted by Crippen LogP contribution is 2.22. The number of imide groups is 1. The molecule has 1 heterocycles. The maximum absolute atomic E-state index is 12.5. The van der Waals surface area contributed by atoms with E-state index in [4.69, 9.17) is 4.74 Å². The van der Waals surface area contributed by atoms with E-state index >= 15 is 0 Å². The van der Waals surface area contributed by atoms with Crippen molar-refractivity contribution in [3.8, 4) is 5.75 Å². The van der Waals surface area contributed by atoms with Gasteiger partial charge in [-0.1, -0.05) is 37.3 Å². The predicted molar refractivity (Wildman–Crippen MR) is 97.3 cm³/mol. The van der Waals surface area contributed by atoms with E-state index in [2.05, 4.69) is 12.2 Å². The van der Waals surface area contributed by atoms with Crippen molar-refractivity contribution in [1.82, 2.24) is 5.32 Å². The minimum Gasteiger partial charge on any atom is -0.491 e. The second-order valence-electron chi connectivity index (χ2n) is 5.87. The molecular weight excluding hydrogens is 316 g/mol. The van der Waals surface area contributed by atoms with Crippen LogP contribution >= 0.6 is 0 Å². The van der Waals surface area contributed by atoms with Crippen LogP contribution in [-0.2, 0) is 4.79 Å². The van der Waals surface area contributed by atoms with E-state index < -0.39 is 6.03 Å². The molecule has 1 fully saturated rings. The van der Waals surface area contributed by atoms with Crippen molar-refractivity contribution in [3.05, 3.63) is 65.9 Å². The number of nitrogens with one attached hydrogen (secondary N) is 1. The molecule has 0 spiro atoms. The number of ether oxygens (including phenoxy) is 1. The second kappa shape index (κ2) is 7.21. The van der Waals surface area contributed by atoms with Gasteiger partial charge in [-0.2, -0.15) is 0 Å². The zero-order valence-corrected chi connectivity index (χ0v) is 14.2. The van der Waals surface area contributed by atoms with Crippen LogP contribution in [0.3, 0.4) is 0 Å². The second-order valence-corrected chi connectivity index (χ2v) is 5.87. The van der Waals surface area contributed by atoms with E-state index in [1.54, 1.807) is 30.3 Å². The molecule has 0 unspecified atom stereocenters. The van der Waals surface area contributed by atoms with E-state index in [1.165, 1.54) is 0 Å². The van der Waals surface area contributed by atoms with E-state index in [-0.39, 0.29) is 17.7 Å². The Hall–Kier alpha value is -3.08. The molecular formula is C20H20N2O3. The highest BCUT2D eigenvalue weighted by Gasteiger charge is 2.34. The molecule has 1 saturated heterocycles. The SMILES string of the molecule is CC[C@@H](C)Oc1ccc(/C=C2\NC(=O)N(c3ccccc3)C2=O)cc1. The first-order valence-electron chi connectivity index (χ1n) is 8.27. The van der Waals surface area contributed by atoms with Crippen molar-refractivity contribution in [2.75, 3.05) is 4.90 Å². The van der Waals surface area contributed by atoms with Gasteiger partial charge in [-0.25, -0.2) is 9.69 Å². The third-order valence-electron chi connectivity index (χ3n) is 4.00. The third kappa shape index (κ3) is 3.71. The van der Waals surface area contributed by atoms with Crippen LogP contribution in [0.5, 0.6) is 5.75 Å². The summed E-state index contributed by atoms with van der Waals surface area (Å²) in [6.07, 6.45) is 2.75. The van der Waals surface area contributed by atoms with E-state index in [0.29, 0.717) is 5.69 Å². The Morgan fingerprint density at radius 1 is 1.08 bits per heavy atom. The average Bonchev–Trinajstić information content (AvgIpc) is 2.90. The van der Waals surface area contributed by atoms with Crippen LogP contribution in [-0.4, -0.2) is 18.0 Å². The molecule has 3 rings (SSSR count). The van der Waals surface area contributed by atoms with E-state index in [9.17, 15) is 9.59 Å². The fourth-order valence-electron chi connectivity index (χ4n) is 2.47. The molecule has 3 amide bonds. The van der Waals surface area contributed by atoms with Gasteiger partial charge in [-0.05, 0) is 49.2 Å². The van der Waals surface area contributed by atoms with Gasteiger partial charge in [-0.15, -0.1) is 0 Å². The smallest absolute Gasteiger partial charge is 0.333 e. The average molecular weight is 336 g/mol. The van der Waals surface area contributed by atoms with Gasteiger partial charge >= 0.3 is 6.03 Å². The summed E-state index contributed by atoms with van der Waals surface area (Å²) >= 11 is 0. The van der Waals surface area contributed by atoms with E-state index in [1.807, 2.05) is 37.3 Å². The molecule has 2 aromatic rings. The number of hydrogen-bond donors (Lipinski definition) is 1. The van der Waals surface area contributed by atoms with Crippen molar-refractivity contribution in [3.63, 3.8) is 0 Å². The normalized spacial score (nSPS) is 16.9. The summed E-state index contributed by atoms with van der Waals surface area (Å²) in [5.74, 6) is 0.417. The molecule has 2 aromatic carbocycles. The lowest BCUT2D eigenvalue weighted by Gasteiger charge is -2.12. The minimum atomic E-state index is -0.445. The van der Waals surface area contributed by atoms with Crippen LogP contribution in [0.15, 0.2) is 60.3 Å². The molecule has 0 aromatic heterocycles. The first-order chi connectivity index (χ1) is 12.1. The molecule has 1 atom stereocenters.